The summed E-state index contributed by atoms with van der Waals surface area (Å²) in [5, 5.41) is 0. The Bertz CT molecular complexity index is 479. The van der Waals surface area contributed by atoms with Gasteiger partial charge in [0.05, 0.1) is 18.7 Å². The Morgan fingerprint density at radius 1 is 1.59 bits per heavy atom. The van der Waals surface area contributed by atoms with Crippen LogP contribution in [0.4, 0.5) is 0 Å². The lowest BCUT2D eigenvalue weighted by Gasteiger charge is -2.31. The molecule has 3 heterocycles. The average molecular weight is 235 g/mol. The van der Waals surface area contributed by atoms with E-state index in [0.717, 1.165) is 17.7 Å². The molecule has 2 aliphatic heterocycles. The fourth-order valence-corrected chi connectivity index (χ4v) is 2.75. The van der Waals surface area contributed by atoms with Crippen LogP contribution in [0.2, 0.25) is 0 Å². The number of amides is 1. The largest absolute Gasteiger partial charge is 0.469 e. The van der Waals surface area contributed by atoms with Gasteiger partial charge in [0.15, 0.2) is 0 Å². The summed E-state index contributed by atoms with van der Waals surface area (Å²) in [7, 11) is 0. The molecule has 0 aromatic carbocycles. The van der Waals surface area contributed by atoms with E-state index >= 15 is 0 Å². The van der Waals surface area contributed by atoms with Gasteiger partial charge in [-0.2, -0.15) is 0 Å². The van der Waals surface area contributed by atoms with Crippen LogP contribution in [0, 0.1) is 0 Å². The molecule has 17 heavy (non-hydrogen) atoms. The quantitative estimate of drug-likeness (QED) is 0.682. The van der Waals surface area contributed by atoms with Crippen molar-refractivity contribution in [3.05, 3.63) is 23.7 Å². The summed E-state index contributed by atoms with van der Waals surface area (Å²) in [5.74, 6) is 0.603. The van der Waals surface area contributed by atoms with Crippen molar-refractivity contribution in [2.75, 3.05) is 6.54 Å². The molecule has 0 bridgehead atoms. The third kappa shape index (κ3) is 1.53. The topological polar surface area (TPSA) is 59.8 Å². The van der Waals surface area contributed by atoms with Crippen LogP contribution in [-0.4, -0.2) is 29.4 Å². The summed E-state index contributed by atoms with van der Waals surface area (Å²) in [6.45, 7) is 2.01. The van der Waals surface area contributed by atoms with E-state index in [9.17, 15) is 9.59 Å². The predicted molar refractivity (Wildman–Crippen MR) is 57.0 cm³/mol. The van der Waals surface area contributed by atoms with E-state index in [1.54, 1.807) is 11.2 Å². The monoisotopic (exact) mass is 235 g/mol. The number of furan rings is 1. The Morgan fingerprint density at radius 2 is 2.41 bits per heavy atom. The van der Waals surface area contributed by atoms with Gasteiger partial charge in [-0.05, 0) is 6.07 Å². The molecule has 0 N–H and O–H groups in total. The molecule has 1 aromatic heterocycles. The lowest BCUT2D eigenvalue weighted by atomic mass is 9.98. The van der Waals surface area contributed by atoms with Crippen molar-refractivity contribution in [1.29, 1.82) is 0 Å². The van der Waals surface area contributed by atoms with E-state index in [0.29, 0.717) is 6.54 Å². The summed E-state index contributed by atoms with van der Waals surface area (Å²) in [4.78, 5) is 24.7. The smallest absolute Gasteiger partial charge is 0.303 e. The summed E-state index contributed by atoms with van der Waals surface area (Å²) < 4.78 is 10.6. The van der Waals surface area contributed by atoms with E-state index in [-0.39, 0.29) is 30.4 Å². The van der Waals surface area contributed by atoms with Crippen LogP contribution in [0.1, 0.15) is 30.7 Å². The molecular formula is C12H13NO4. The number of hydrogen-bond acceptors (Lipinski definition) is 4. The lowest BCUT2D eigenvalue weighted by molar-refractivity contribution is -0.147. The minimum Gasteiger partial charge on any atom is -0.469 e. The molecule has 0 aliphatic carbocycles. The summed E-state index contributed by atoms with van der Waals surface area (Å²) in [6, 6.07) is 1.70. The molecule has 5 nitrogen and oxygen atoms in total. The molecule has 1 amide bonds. The average Bonchev–Trinajstić information content (AvgIpc) is 2.82. The van der Waals surface area contributed by atoms with Crippen LogP contribution in [-0.2, 0) is 20.7 Å². The number of ether oxygens (including phenoxy) is 1. The van der Waals surface area contributed by atoms with Crippen molar-refractivity contribution in [3.8, 4) is 0 Å². The number of hydrogen-bond donors (Lipinski definition) is 0. The first kappa shape index (κ1) is 10.4. The molecular weight excluding hydrogens is 222 g/mol. The highest BCUT2D eigenvalue weighted by Gasteiger charge is 2.46. The number of carbonyl (C=O) groups excluding carboxylic acids is 2. The Balaban J connectivity index is 1.96. The number of esters is 1. The van der Waals surface area contributed by atoms with E-state index in [4.69, 9.17) is 9.15 Å². The number of nitrogens with zero attached hydrogens (tertiary/aromatic N) is 1. The fraction of sp³-hybridized carbons (Fsp3) is 0.500. The van der Waals surface area contributed by atoms with Gasteiger partial charge in [-0.3, -0.25) is 9.59 Å². The second kappa shape index (κ2) is 3.61. The van der Waals surface area contributed by atoms with Gasteiger partial charge < -0.3 is 14.1 Å². The maximum absolute atomic E-state index is 11.8. The Labute approximate surface area is 98.3 Å². The zero-order chi connectivity index (χ0) is 12.0. The van der Waals surface area contributed by atoms with Crippen molar-refractivity contribution < 1.29 is 18.7 Å². The third-order valence-electron chi connectivity index (χ3n) is 3.38. The molecule has 1 fully saturated rings. The van der Waals surface area contributed by atoms with Gasteiger partial charge in [-0.1, -0.05) is 0 Å². The minimum absolute atomic E-state index is 0.0492. The second-order valence-corrected chi connectivity index (χ2v) is 4.43. The van der Waals surface area contributed by atoms with Crippen LogP contribution in [0.5, 0.6) is 0 Å². The first-order valence-corrected chi connectivity index (χ1v) is 5.70. The van der Waals surface area contributed by atoms with Crippen LogP contribution in [0.3, 0.4) is 0 Å². The predicted octanol–water partition coefficient (Wildman–Crippen LogP) is 1.04. The molecule has 1 aromatic rings. The van der Waals surface area contributed by atoms with Crippen LogP contribution in [0.15, 0.2) is 16.7 Å². The maximum Gasteiger partial charge on any atom is 0.303 e. The van der Waals surface area contributed by atoms with Gasteiger partial charge in [0.2, 0.25) is 5.91 Å². The first-order chi connectivity index (χ1) is 8.16. The zero-order valence-corrected chi connectivity index (χ0v) is 9.51. The molecule has 90 valence electrons. The molecule has 3 rings (SSSR count). The van der Waals surface area contributed by atoms with Crippen molar-refractivity contribution in [2.24, 2.45) is 0 Å². The standard InChI is InChI=1S/C12H13NO4/c1-7(14)17-10-6-11(15)13-4-2-9-8(12(10)13)3-5-16-9/h3,5,10,12H,2,4,6H2,1H3/t10-,12+/m0/s1. The van der Waals surface area contributed by atoms with Crippen molar-refractivity contribution in [1.82, 2.24) is 4.90 Å². The fourth-order valence-electron chi connectivity index (χ4n) is 2.75. The molecule has 0 unspecified atom stereocenters. The summed E-state index contributed by atoms with van der Waals surface area (Å²) in [5.41, 5.74) is 0.980. The Kier molecular flexibility index (Phi) is 2.21. The normalized spacial score (nSPS) is 26.6. The van der Waals surface area contributed by atoms with E-state index in [1.807, 2.05) is 6.07 Å². The molecule has 0 saturated carbocycles. The van der Waals surface area contributed by atoms with Crippen LogP contribution in [0.25, 0.3) is 0 Å². The highest BCUT2D eigenvalue weighted by molar-refractivity contribution is 5.81. The van der Waals surface area contributed by atoms with Crippen molar-refractivity contribution in [3.63, 3.8) is 0 Å². The molecule has 2 aliphatic rings. The summed E-state index contributed by atoms with van der Waals surface area (Å²) in [6.07, 6.45) is 2.25. The molecule has 0 spiro atoms. The Hall–Kier alpha value is -1.78. The van der Waals surface area contributed by atoms with Crippen LogP contribution < -0.4 is 0 Å². The van der Waals surface area contributed by atoms with Crippen molar-refractivity contribution >= 4 is 11.9 Å². The molecule has 5 heteroatoms. The van der Waals surface area contributed by atoms with E-state index in [1.165, 1.54) is 6.92 Å². The van der Waals surface area contributed by atoms with E-state index < -0.39 is 0 Å². The van der Waals surface area contributed by atoms with Gasteiger partial charge in [0.1, 0.15) is 11.9 Å². The SMILES string of the molecule is CC(=O)O[C@H]1CC(=O)N2CCc3occc3[C@H]12. The van der Waals surface area contributed by atoms with E-state index in [2.05, 4.69) is 0 Å². The maximum atomic E-state index is 11.8. The second-order valence-electron chi connectivity index (χ2n) is 4.43. The van der Waals surface area contributed by atoms with Gasteiger partial charge in [0.25, 0.3) is 0 Å². The minimum atomic E-state index is -0.378. The zero-order valence-electron chi connectivity index (χ0n) is 9.51. The van der Waals surface area contributed by atoms with Crippen molar-refractivity contribution in [2.45, 2.75) is 31.9 Å². The Morgan fingerprint density at radius 3 is 3.18 bits per heavy atom. The number of rotatable bonds is 1. The molecule has 2 atom stereocenters. The summed E-state index contributed by atoms with van der Waals surface area (Å²) >= 11 is 0. The molecule has 1 saturated heterocycles. The number of fused-ring (bicyclic) bond motifs is 3. The van der Waals surface area contributed by atoms with Gasteiger partial charge in [-0.15, -0.1) is 0 Å². The third-order valence-corrected chi connectivity index (χ3v) is 3.38. The first-order valence-electron chi connectivity index (χ1n) is 5.70. The van der Waals surface area contributed by atoms with Gasteiger partial charge >= 0.3 is 5.97 Å². The van der Waals surface area contributed by atoms with Crippen LogP contribution >= 0.6 is 0 Å². The van der Waals surface area contributed by atoms with Gasteiger partial charge in [-0.25, -0.2) is 0 Å². The lowest BCUT2D eigenvalue weighted by Crippen LogP contribution is -2.36. The highest BCUT2D eigenvalue weighted by Crippen LogP contribution is 2.40. The number of carbonyl (C=O) groups is 2. The molecule has 0 radical (unpaired) electrons. The van der Waals surface area contributed by atoms with Gasteiger partial charge in [0, 0.05) is 25.5 Å². The highest BCUT2D eigenvalue weighted by atomic mass is 16.5.